The van der Waals surface area contributed by atoms with Crippen LogP contribution in [0.15, 0.2) is 0 Å². The number of β-amino-alcohol motifs (C(OH)–C–C–N with tert-alkyl or cyclic N) is 1. The van der Waals surface area contributed by atoms with Crippen molar-refractivity contribution in [2.24, 2.45) is 5.92 Å². The molecule has 1 N–H and O–H groups in total. The van der Waals surface area contributed by atoms with Gasteiger partial charge in [0.1, 0.15) is 6.54 Å². The topological polar surface area (TPSA) is 58.4 Å². The van der Waals surface area contributed by atoms with Gasteiger partial charge in [-0.2, -0.15) is 18.3 Å². The quantitative estimate of drug-likeness (QED) is 0.913. The first-order valence-electron chi connectivity index (χ1n) is 8.08. The van der Waals surface area contributed by atoms with Crippen LogP contribution in [0.2, 0.25) is 0 Å². The second kappa shape index (κ2) is 6.74. The van der Waals surface area contributed by atoms with Gasteiger partial charge in [-0.05, 0) is 33.1 Å². The Balaban J connectivity index is 2.20. The fourth-order valence-corrected chi connectivity index (χ4v) is 3.31. The van der Waals surface area contributed by atoms with Crippen molar-refractivity contribution in [1.82, 2.24) is 14.7 Å². The minimum Gasteiger partial charge on any atom is -0.391 e. The summed E-state index contributed by atoms with van der Waals surface area (Å²) in [6.45, 7) is 6.44. The van der Waals surface area contributed by atoms with Gasteiger partial charge in [-0.15, -0.1) is 0 Å². The highest BCUT2D eigenvalue weighted by atomic mass is 19.4. The lowest BCUT2D eigenvalue weighted by atomic mass is 9.93. The van der Waals surface area contributed by atoms with Crippen molar-refractivity contribution in [1.29, 1.82) is 0 Å². The fourth-order valence-electron chi connectivity index (χ4n) is 3.31. The van der Waals surface area contributed by atoms with Crippen LogP contribution in [0.3, 0.4) is 0 Å². The Bertz CT molecular complexity index is 612. The third kappa shape index (κ3) is 3.91. The summed E-state index contributed by atoms with van der Waals surface area (Å²) in [6.07, 6.45) is -4.21. The first-order chi connectivity index (χ1) is 11.0. The van der Waals surface area contributed by atoms with Crippen LogP contribution in [0, 0.1) is 19.8 Å². The Morgan fingerprint density at radius 2 is 2.04 bits per heavy atom. The molecule has 0 spiro atoms. The number of aliphatic hydroxyl groups is 1. The van der Waals surface area contributed by atoms with Crippen LogP contribution in [-0.2, 0) is 11.3 Å². The number of rotatable bonds is 3. The number of nitrogens with zero attached hydrogens (tertiary/aromatic N) is 3. The van der Waals surface area contributed by atoms with Crippen molar-refractivity contribution in [3.8, 4) is 0 Å². The number of aliphatic hydroxyl groups excluding tert-OH is 1. The van der Waals surface area contributed by atoms with E-state index < -0.39 is 24.7 Å². The number of amides is 1. The molecule has 3 atom stereocenters. The molecule has 1 fully saturated rings. The third-order valence-corrected chi connectivity index (χ3v) is 4.80. The van der Waals surface area contributed by atoms with Gasteiger partial charge in [0.15, 0.2) is 0 Å². The summed E-state index contributed by atoms with van der Waals surface area (Å²) in [4.78, 5) is 14.3. The van der Waals surface area contributed by atoms with Crippen LogP contribution < -0.4 is 0 Å². The summed E-state index contributed by atoms with van der Waals surface area (Å²) in [5.74, 6) is -0.631. The highest BCUT2D eigenvalue weighted by Gasteiger charge is 2.34. The first-order valence-corrected chi connectivity index (χ1v) is 8.08. The van der Waals surface area contributed by atoms with E-state index in [-0.39, 0.29) is 18.4 Å². The van der Waals surface area contributed by atoms with Crippen LogP contribution in [0.5, 0.6) is 0 Å². The van der Waals surface area contributed by atoms with E-state index in [1.165, 1.54) is 0 Å². The highest BCUT2D eigenvalue weighted by Crippen LogP contribution is 2.29. The van der Waals surface area contributed by atoms with Crippen molar-refractivity contribution in [3.63, 3.8) is 0 Å². The maximum atomic E-state index is 12.7. The van der Waals surface area contributed by atoms with E-state index in [4.69, 9.17) is 0 Å². The van der Waals surface area contributed by atoms with Gasteiger partial charge in [-0.3, -0.25) is 9.48 Å². The van der Waals surface area contributed by atoms with E-state index in [2.05, 4.69) is 5.10 Å². The molecular weight excluding hydrogens is 323 g/mol. The second-order valence-corrected chi connectivity index (χ2v) is 6.70. The van der Waals surface area contributed by atoms with E-state index >= 15 is 0 Å². The molecular formula is C16H24F3N3O2. The van der Waals surface area contributed by atoms with Crippen LogP contribution in [-0.4, -0.2) is 51.1 Å². The van der Waals surface area contributed by atoms with Crippen molar-refractivity contribution in [3.05, 3.63) is 17.0 Å². The minimum atomic E-state index is -4.36. The lowest BCUT2D eigenvalue weighted by molar-refractivity contribution is -0.143. The zero-order valence-corrected chi connectivity index (χ0v) is 14.4. The molecule has 3 unspecified atom stereocenters. The summed E-state index contributed by atoms with van der Waals surface area (Å²) in [5.41, 5.74) is 1.33. The number of likely N-dealkylation sites (tertiary alicyclic amines) is 1. The first kappa shape index (κ1) is 18.8. The fraction of sp³-hybridized carbons (Fsp3) is 0.750. The van der Waals surface area contributed by atoms with E-state index in [9.17, 15) is 23.1 Å². The molecule has 8 heteroatoms. The molecule has 1 aliphatic heterocycles. The number of alkyl halides is 3. The van der Waals surface area contributed by atoms with Gasteiger partial charge in [0.25, 0.3) is 0 Å². The molecule has 2 rings (SSSR count). The normalized spacial score (nSPS) is 23.4. The summed E-state index contributed by atoms with van der Waals surface area (Å²) in [5, 5.41) is 13.9. The Hall–Kier alpha value is -1.57. The molecule has 1 amide bonds. The van der Waals surface area contributed by atoms with E-state index in [0.29, 0.717) is 29.9 Å². The van der Waals surface area contributed by atoms with Gasteiger partial charge in [0, 0.05) is 24.3 Å². The van der Waals surface area contributed by atoms with Crippen LogP contribution in [0.1, 0.15) is 43.1 Å². The average Bonchev–Trinajstić information content (AvgIpc) is 2.73. The Morgan fingerprint density at radius 1 is 1.42 bits per heavy atom. The summed E-state index contributed by atoms with van der Waals surface area (Å²) >= 11 is 0. The summed E-state index contributed by atoms with van der Waals surface area (Å²) in [6, 6.07) is 0. The number of aryl methyl sites for hydroxylation is 1. The lowest BCUT2D eigenvalue weighted by Gasteiger charge is -2.35. The number of piperidine rings is 1. The standard InChI is InChI=1S/C16H24F3N3O2/c1-9-5-6-21(7-13(9)23)15(24)10(2)14-11(3)20-22(12(14)4)8-16(17,18)19/h9-10,13,23H,5-8H2,1-4H3. The molecule has 1 aromatic rings. The molecule has 1 aliphatic rings. The molecule has 0 aromatic carbocycles. The molecule has 2 heterocycles. The zero-order valence-electron chi connectivity index (χ0n) is 14.4. The van der Waals surface area contributed by atoms with E-state index in [1.54, 1.807) is 25.7 Å². The number of carbonyl (C=O) groups is 1. The number of carbonyl (C=O) groups excluding carboxylic acids is 1. The molecule has 24 heavy (non-hydrogen) atoms. The Labute approximate surface area is 139 Å². The molecule has 0 bridgehead atoms. The van der Waals surface area contributed by atoms with Gasteiger partial charge in [-0.1, -0.05) is 6.92 Å². The van der Waals surface area contributed by atoms with Crippen molar-refractivity contribution in [2.75, 3.05) is 13.1 Å². The Morgan fingerprint density at radius 3 is 2.58 bits per heavy atom. The second-order valence-electron chi connectivity index (χ2n) is 6.70. The third-order valence-electron chi connectivity index (χ3n) is 4.80. The molecule has 5 nitrogen and oxygen atoms in total. The van der Waals surface area contributed by atoms with Gasteiger partial charge in [0.2, 0.25) is 5.91 Å². The van der Waals surface area contributed by atoms with Crippen molar-refractivity contribution < 1.29 is 23.1 Å². The number of hydrogen-bond acceptors (Lipinski definition) is 3. The molecule has 0 saturated carbocycles. The molecule has 0 radical (unpaired) electrons. The zero-order chi connectivity index (χ0) is 18.2. The van der Waals surface area contributed by atoms with Gasteiger partial charge < -0.3 is 10.0 Å². The predicted octanol–water partition coefficient (Wildman–Crippen LogP) is 2.40. The summed E-state index contributed by atoms with van der Waals surface area (Å²) < 4.78 is 38.8. The maximum absolute atomic E-state index is 12.7. The van der Waals surface area contributed by atoms with Crippen molar-refractivity contribution in [2.45, 2.75) is 58.9 Å². The lowest BCUT2D eigenvalue weighted by Crippen LogP contribution is -2.47. The highest BCUT2D eigenvalue weighted by molar-refractivity contribution is 5.84. The number of halogens is 3. The minimum absolute atomic E-state index is 0.141. The maximum Gasteiger partial charge on any atom is 0.408 e. The number of hydrogen-bond donors (Lipinski definition) is 1. The van der Waals surface area contributed by atoms with Gasteiger partial charge in [-0.25, -0.2) is 0 Å². The molecule has 136 valence electrons. The molecule has 1 saturated heterocycles. The van der Waals surface area contributed by atoms with E-state index in [1.807, 2.05) is 6.92 Å². The van der Waals surface area contributed by atoms with Crippen LogP contribution in [0.4, 0.5) is 13.2 Å². The van der Waals surface area contributed by atoms with Crippen molar-refractivity contribution >= 4 is 5.91 Å². The van der Waals surface area contributed by atoms with Crippen LogP contribution >= 0.6 is 0 Å². The van der Waals surface area contributed by atoms with Gasteiger partial charge >= 0.3 is 6.18 Å². The average molecular weight is 347 g/mol. The number of aromatic nitrogens is 2. The SMILES string of the molecule is Cc1nn(CC(F)(F)F)c(C)c1C(C)C(=O)N1CCC(C)C(O)C1. The smallest absolute Gasteiger partial charge is 0.391 e. The van der Waals surface area contributed by atoms with Gasteiger partial charge in [0.05, 0.1) is 17.7 Å². The molecule has 0 aliphatic carbocycles. The Kier molecular flexibility index (Phi) is 5.27. The molecule has 1 aromatic heterocycles. The van der Waals surface area contributed by atoms with Crippen LogP contribution in [0.25, 0.3) is 0 Å². The van der Waals surface area contributed by atoms with E-state index in [0.717, 1.165) is 4.68 Å². The predicted molar refractivity (Wildman–Crippen MR) is 82.5 cm³/mol. The summed E-state index contributed by atoms with van der Waals surface area (Å²) in [7, 11) is 0. The largest absolute Gasteiger partial charge is 0.408 e. The monoisotopic (exact) mass is 347 g/mol.